The van der Waals surface area contributed by atoms with Gasteiger partial charge in [0, 0.05) is 84.4 Å². The van der Waals surface area contributed by atoms with Crippen LogP contribution in [-0.4, -0.2) is 81.5 Å². The summed E-state index contributed by atoms with van der Waals surface area (Å²) in [6.07, 6.45) is 1.86. The van der Waals surface area contributed by atoms with Crippen molar-refractivity contribution in [2.45, 2.75) is 25.0 Å². The van der Waals surface area contributed by atoms with Gasteiger partial charge in [-0.3, -0.25) is 9.89 Å². The highest BCUT2D eigenvalue weighted by molar-refractivity contribution is 9.11. The van der Waals surface area contributed by atoms with Crippen LogP contribution in [0, 0.1) is 0 Å². The van der Waals surface area contributed by atoms with Crippen LogP contribution in [0.3, 0.4) is 0 Å². The summed E-state index contributed by atoms with van der Waals surface area (Å²) in [4.78, 5) is 10.8. The summed E-state index contributed by atoms with van der Waals surface area (Å²) < 4.78 is 12.5. The van der Waals surface area contributed by atoms with Crippen molar-refractivity contribution in [3.63, 3.8) is 0 Å². The van der Waals surface area contributed by atoms with Crippen molar-refractivity contribution in [2.75, 3.05) is 60.1 Å². The molecule has 0 spiro atoms. The van der Waals surface area contributed by atoms with E-state index in [9.17, 15) is 0 Å². The largest absolute Gasteiger partial charge is 0.381 e. The topological polar surface area (TPSA) is 49.3 Å². The van der Waals surface area contributed by atoms with Gasteiger partial charge in [-0.05, 0) is 28.1 Å². The fourth-order valence-corrected chi connectivity index (χ4v) is 5.07. The van der Waals surface area contributed by atoms with Gasteiger partial charge >= 0.3 is 0 Å². The molecule has 0 bridgehead atoms. The van der Waals surface area contributed by atoms with Crippen LogP contribution in [0.25, 0.3) is 0 Å². The number of thiophene rings is 1. The molecule has 0 amide bonds. The Hall–Kier alpha value is -0.670. The average molecular weight is 445 g/mol. The Morgan fingerprint density at radius 3 is 2.62 bits per heavy atom. The molecule has 1 N–H and O–H groups in total. The average Bonchev–Trinajstić information content (AvgIpc) is 3.09. The first kappa shape index (κ1) is 20.1. The first-order valence-corrected chi connectivity index (χ1v) is 10.8. The molecular formula is C18H29BrN4O2S. The van der Waals surface area contributed by atoms with E-state index >= 15 is 0 Å². The number of nitrogens with zero attached hydrogens (tertiary/aromatic N) is 3. The normalized spacial score (nSPS) is 21.8. The van der Waals surface area contributed by atoms with Crippen LogP contribution in [0.1, 0.15) is 17.7 Å². The number of nitrogens with one attached hydrogen (secondary N) is 1. The number of methoxy groups -OCH3 is 1. The molecule has 0 radical (unpaired) electrons. The number of halogens is 1. The van der Waals surface area contributed by atoms with Crippen LogP contribution in [0.2, 0.25) is 0 Å². The second kappa shape index (κ2) is 9.50. The zero-order chi connectivity index (χ0) is 18.4. The molecular weight excluding hydrogens is 416 g/mol. The maximum absolute atomic E-state index is 5.82. The summed E-state index contributed by atoms with van der Waals surface area (Å²) >= 11 is 5.36. The van der Waals surface area contributed by atoms with Gasteiger partial charge in [-0.2, -0.15) is 0 Å². The molecule has 3 heterocycles. The predicted octanol–water partition coefficient (Wildman–Crippen LogP) is 2.40. The van der Waals surface area contributed by atoms with E-state index in [1.807, 2.05) is 18.4 Å². The lowest BCUT2D eigenvalue weighted by molar-refractivity contribution is -0.0858. The number of hydrogen-bond donors (Lipinski definition) is 1. The van der Waals surface area contributed by atoms with Gasteiger partial charge < -0.3 is 19.7 Å². The molecule has 146 valence electrons. The van der Waals surface area contributed by atoms with Gasteiger partial charge in [-0.25, -0.2) is 0 Å². The maximum Gasteiger partial charge on any atom is 0.193 e. The highest BCUT2D eigenvalue weighted by Crippen LogP contribution is 2.24. The van der Waals surface area contributed by atoms with Crippen LogP contribution >= 0.6 is 27.3 Å². The molecule has 2 saturated heterocycles. The third kappa shape index (κ3) is 5.19. The fourth-order valence-electron chi connectivity index (χ4n) is 3.54. The molecule has 8 heteroatoms. The Labute approximate surface area is 168 Å². The Morgan fingerprint density at radius 1 is 1.31 bits per heavy atom. The first-order chi connectivity index (χ1) is 12.6. The zero-order valence-electron chi connectivity index (χ0n) is 15.7. The van der Waals surface area contributed by atoms with Crippen molar-refractivity contribution >= 4 is 33.2 Å². The summed E-state index contributed by atoms with van der Waals surface area (Å²) in [5.74, 6) is 0.978. The minimum Gasteiger partial charge on any atom is -0.381 e. The molecule has 26 heavy (non-hydrogen) atoms. The minimum atomic E-state index is -0.136. The van der Waals surface area contributed by atoms with Crippen LogP contribution in [0.15, 0.2) is 20.9 Å². The molecule has 1 aromatic rings. The van der Waals surface area contributed by atoms with Gasteiger partial charge in [0.2, 0.25) is 0 Å². The number of piperazine rings is 1. The minimum absolute atomic E-state index is 0.136. The molecule has 3 rings (SSSR count). The summed E-state index contributed by atoms with van der Waals surface area (Å²) in [6, 6.07) is 4.34. The number of hydrogen-bond acceptors (Lipinski definition) is 5. The summed E-state index contributed by atoms with van der Waals surface area (Å²) in [6.45, 7) is 7.45. The van der Waals surface area contributed by atoms with E-state index in [1.54, 1.807) is 7.11 Å². The van der Waals surface area contributed by atoms with Crippen molar-refractivity contribution < 1.29 is 9.47 Å². The SMILES string of the molecule is CN=C(NCC1(OC)CCOCC1)N1CCN(Cc2ccc(Br)s2)CC1. The van der Waals surface area contributed by atoms with Crippen molar-refractivity contribution in [1.29, 1.82) is 0 Å². The van der Waals surface area contributed by atoms with E-state index in [0.717, 1.165) is 71.3 Å². The number of guanidine groups is 1. The molecule has 1 aromatic heterocycles. The summed E-state index contributed by atoms with van der Waals surface area (Å²) in [5, 5.41) is 3.54. The fraction of sp³-hybridized carbons (Fsp3) is 0.722. The molecule has 2 aliphatic heterocycles. The Kier molecular flexibility index (Phi) is 7.34. The number of rotatable bonds is 5. The quantitative estimate of drug-likeness (QED) is 0.557. The van der Waals surface area contributed by atoms with Crippen molar-refractivity contribution in [2.24, 2.45) is 4.99 Å². The van der Waals surface area contributed by atoms with Gasteiger partial charge in [-0.15, -0.1) is 11.3 Å². The van der Waals surface area contributed by atoms with E-state index in [1.165, 1.54) is 8.66 Å². The lowest BCUT2D eigenvalue weighted by Gasteiger charge is -2.39. The molecule has 0 aromatic carbocycles. The van der Waals surface area contributed by atoms with Crippen molar-refractivity contribution in [3.05, 3.63) is 20.8 Å². The van der Waals surface area contributed by atoms with E-state index in [4.69, 9.17) is 9.47 Å². The molecule has 0 atom stereocenters. The summed E-state index contributed by atoms with van der Waals surface area (Å²) in [5.41, 5.74) is -0.136. The molecule has 0 aliphatic carbocycles. The maximum atomic E-state index is 5.82. The molecule has 6 nitrogen and oxygen atoms in total. The van der Waals surface area contributed by atoms with Gasteiger partial charge in [0.25, 0.3) is 0 Å². The van der Waals surface area contributed by atoms with Crippen LogP contribution in [0.5, 0.6) is 0 Å². The number of aliphatic imine (C=N–C) groups is 1. The van der Waals surface area contributed by atoms with Gasteiger partial charge in [0.15, 0.2) is 5.96 Å². The lowest BCUT2D eigenvalue weighted by Crippen LogP contribution is -2.55. The third-order valence-electron chi connectivity index (χ3n) is 5.30. The third-order valence-corrected chi connectivity index (χ3v) is 6.91. The molecule has 2 fully saturated rings. The van der Waals surface area contributed by atoms with E-state index in [-0.39, 0.29) is 5.60 Å². The zero-order valence-corrected chi connectivity index (χ0v) is 18.1. The second-order valence-corrected chi connectivity index (χ2v) is 9.42. The van der Waals surface area contributed by atoms with Crippen LogP contribution in [0.4, 0.5) is 0 Å². The van der Waals surface area contributed by atoms with Crippen LogP contribution < -0.4 is 5.32 Å². The van der Waals surface area contributed by atoms with Gasteiger partial charge in [0.05, 0.1) is 9.39 Å². The van der Waals surface area contributed by atoms with E-state index in [0.29, 0.717) is 0 Å². The molecule has 0 unspecified atom stereocenters. The monoisotopic (exact) mass is 444 g/mol. The highest BCUT2D eigenvalue weighted by Gasteiger charge is 2.33. The van der Waals surface area contributed by atoms with E-state index < -0.39 is 0 Å². The Morgan fingerprint density at radius 2 is 2.04 bits per heavy atom. The second-order valence-electron chi connectivity index (χ2n) is 6.87. The number of ether oxygens (including phenoxy) is 2. The van der Waals surface area contributed by atoms with Gasteiger partial charge in [0.1, 0.15) is 0 Å². The standard InChI is InChI=1S/C18H29BrN4O2S/c1-20-17(21-14-18(24-2)5-11-25-12-6-18)23-9-7-22(8-10-23)13-15-3-4-16(19)26-15/h3-4H,5-14H2,1-2H3,(H,20,21). The lowest BCUT2D eigenvalue weighted by atomic mass is 9.94. The van der Waals surface area contributed by atoms with Crippen LogP contribution in [-0.2, 0) is 16.0 Å². The smallest absolute Gasteiger partial charge is 0.193 e. The van der Waals surface area contributed by atoms with Crippen molar-refractivity contribution in [1.82, 2.24) is 15.1 Å². The summed E-state index contributed by atoms with van der Waals surface area (Å²) in [7, 11) is 3.67. The molecule has 0 saturated carbocycles. The Bertz CT molecular complexity index is 596. The Balaban J connectivity index is 1.47. The molecule has 2 aliphatic rings. The first-order valence-electron chi connectivity index (χ1n) is 9.19. The predicted molar refractivity (Wildman–Crippen MR) is 110 cm³/mol. The van der Waals surface area contributed by atoms with Gasteiger partial charge in [-0.1, -0.05) is 0 Å². The highest BCUT2D eigenvalue weighted by atomic mass is 79.9. The van der Waals surface area contributed by atoms with Crippen molar-refractivity contribution in [3.8, 4) is 0 Å². The van der Waals surface area contributed by atoms with E-state index in [2.05, 4.69) is 48.2 Å².